The first-order valence-electron chi connectivity index (χ1n) is 8.98. The molecule has 0 amide bonds. The molecule has 0 saturated heterocycles. The summed E-state index contributed by atoms with van der Waals surface area (Å²) in [5.41, 5.74) is 4.23. The quantitative estimate of drug-likeness (QED) is 0.507. The van der Waals surface area contributed by atoms with E-state index in [0.29, 0.717) is 11.8 Å². The summed E-state index contributed by atoms with van der Waals surface area (Å²) < 4.78 is 0. The number of nitrogens with zero attached hydrogens (tertiary/aromatic N) is 4. The van der Waals surface area contributed by atoms with Crippen LogP contribution in [0, 0.1) is 18.8 Å². The Hall–Kier alpha value is -1.82. The molecule has 2 rings (SSSR count). The Morgan fingerprint density at radius 3 is 2.04 bits per heavy atom. The lowest BCUT2D eigenvalue weighted by atomic mass is 10.1. The minimum absolute atomic E-state index is 0.431. The molecule has 0 aromatic carbocycles. The second-order valence-electron chi connectivity index (χ2n) is 7.03. The highest BCUT2D eigenvalue weighted by atomic mass is 32.1. The molecule has 0 aliphatic carbocycles. The van der Waals surface area contributed by atoms with Crippen LogP contribution in [0.2, 0.25) is 0 Å². The number of hydrogen-bond donors (Lipinski definition) is 0. The van der Waals surface area contributed by atoms with Gasteiger partial charge in [-0.3, -0.25) is 0 Å². The molecule has 0 fully saturated rings. The minimum Gasteiger partial charge on any atom is -0.399 e. The standard InChI is InChI=1S/C8H12N2.C7H11NS.C5H11NO/c1-6(2)8-9-4-7(3)5-10-8;1-6(2)3-7-4-9-5-8-7;1-5(2)4-6-7-3/h4-6H,1-3H3;4-6H,3H2,1-2H3;4-5H,1-3H3. The zero-order chi connectivity index (χ0) is 19.9. The van der Waals surface area contributed by atoms with Crippen molar-refractivity contribution >= 4 is 17.6 Å². The van der Waals surface area contributed by atoms with Gasteiger partial charge in [-0.2, -0.15) is 0 Å². The lowest BCUT2D eigenvalue weighted by molar-refractivity contribution is 0.213. The van der Waals surface area contributed by atoms with Gasteiger partial charge in [-0.05, 0) is 30.7 Å². The molecule has 0 bridgehead atoms. The monoisotopic (exact) mass is 378 g/mol. The minimum atomic E-state index is 0.431. The van der Waals surface area contributed by atoms with Crippen LogP contribution in [0.15, 0.2) is 28.4 Å². The van der Waals surface area contributed by atoms with Crippen LogP contribution >= 0.6 is 11.3 Å². The van der Waals surface area contributed by atoms with Gasteiger partial charge in [-0.15, -0.1) is 11.3 Å². The van der Waals surface area contributed by atoms with Crippen molar-refractivity contribution in [3.63, 3.8) is 0 Å². The Morgan fingerprint density at radius 2 is 1.69 bits per heavy atom. The van der Waals surface area contributed by atoms with E-state index in [1.807, 2.05) is 38.7 Å². The number of aryl methyl sites for hydroxylation is 1. The van der Waals surface area contributed by atoms with E-state index in [4.69, 9.17) is 0 Å². The highest BCUT2D eigenvalue weighted by molar-refractivity contribution is 7.07. The molecule has 6 heteroatoms. The summed E-state index contributed by atoms with van der Waals surface area (Å²) in [5, 5.41) is 5.66. The zero-order valence-corrected chi connectivity index (χ0v) is 18.2. The second kappa shape index (κ2) is 14.4. The lowest BCUT2D eigenvalue weighted by Crippen LogP contribution is -1.95. The van der Waals surface area contributed by atoms with E-state index in [1.165, 1.54) is 5.69 Å². The third-order valence-corrected chi connectivity index (χ3v) is 3.52. The summed E-state index contributed by atoms with van der Waals surface area (Å²) in [6.45, 7) is 14.7. The van der Waals surface area contributed by atoms with Crippen molar-refractivity contribution in [2.45, 2.75) is 60.8 Å². The topological polar surface area (TPSA) is 60.3 Å². The molecule has 0 unspecified atom stereocenters. The van der Waals surface area contributed by atoms with Gasteiger partial charge in [-0.1, -0.05) is 46.7 Å². The van der Waals surface area contributed by atoms with Crippen molar-refractivity contribution in [1.29, 1.82) is 0 Å². The van der Waals surface area contributed by atoms with Crippen molar-refractivity contribution in [2.75, 3.05) is 7.11 Å². The van der Waals surface area contributed by atoms with Crippen molar-refractivity contribution in [1.82, 2.24) is 15.0 Å². The van der Waals surface area contributed by atoms with Crippen molar-refractivity contribution in [2.24, 2.45) is 17.0 Å². The largest absolute Gasteiger partial charge is 0.399 e. The number of hydrogen-bond acceptors (Lipinski definition) is 6. The van der Waals surface area contributed by atoms with Crippen LogP contribution in [-0.4, -0.2) is 28.3 Å². The fourth-order valence-electron chi connectivity index (χ4n) is 1.64. The van der Waals surface area contributed by atoms with Crippen LogP contribution < -0.4 is 0 Å². The van der Waals surface area contributed by atoms with Gasteiger partial charge in [0.15, 0.2) is 0 Å². The summed E-state index contributed by atoms with van der Waals surface area (Å²) in [4.78, 5) is 16.9. The third-order valence-electron chi connectivity index (χ3n) is 2.88. The van der Waals surface area contributed by atoms with Gasteiger partial charge in [0.2, 0.25) is 0 Å². The van der Waals surface area contributed by atoms with Crippen LogP contribution in [-0.2, 0) is 11.3 Å². The van der Waals surface area contributed by atoms with E-state index in [2.05, 4.69) is 58.0 Å². The van der Waals surface area contributed by atoms with E-state index < -0.39 is 0 Å². The molecule has 26 heavy (non-hydrogen) atoms. The Morgan fingerprint density at radius 1 is 1.08 bits per heavy atom. The van der Waals surface area contributed by atoms with Crippen molar-refractivity contribution in [3.05, 3.63) is 40.4 Å². The number of oxime groups is 1. The molecule has 0 aliphatic heterocycles. The van der Waals surface area contributed by atoms with E-state index in [0.717, 1.165) is 23.7 Å². The van der Waals surface area contributed by atoms with Gasteiger partial charge in [0.25, 0.3) is 0 Å². The van der Waals surface area contributed by atoms with Crippen LogP contribution in [0.4, 0.5) is 0 Å². The molecular weight excluding hydrogens is 344 g/mol. The van der Waals surface area contributed by atoms with Gasteiger partial charge in [0.1, 0.15) is 12.9 Å². The van der Waals surface area contributed by atoms with Crippen LogP contribution in [0.5, 0.6) is 0 Å². The molecule has 0 saturated carbocycles. The number of thiazole rings is 1. The molecule has 0 aliphatic rings. The summed E-state index contributed by atoms with van der Waals surface area (Å²) in [6, 6.07) is 0. The highest BCUT2D eigenvalue weighted by Gasteiger charge is 1.99. The smallest absolute Gasteiger partial charge is 0.130 e. The van der Waals surface area contributed by atoms with Crippen molar-refractivity contribution in [3.8, 4) is 0 Å². The molecule has 146 valence electrons. The molecule has 0 N–H and O–H groups in total. The number of aromatic nitrogens is 3. The van der Waals surface area contributed by atoms with Crippen molar-refractivity contribution < 1.29 is 4.84 Å². The zero-order valence-electron chi connectivity index (χ0n) is 17.4. The van der Waals surface area contributed by atoms with Crippen LogP contribution in [0.1, 0.15) is 64.5 Å². The molecule has 0 atom stereocenters. The Labute approximate surface area is 163 Å². The maximum atomic E-state index is 4.42. The highest BCUT2D eigenvalue weighted by Crippen LogP contribution is 2.07. The molecule has 2 heterocycles. The maximum absolute atomic E-state index is 4.42. The SMILES string of the molecule is CC(C)Cc1cscn1.CON=CC(C)C.Cc1cnc(C(C)C)nc1. The van der Waals surface area contributed by atoms with E-state index >= 15 is 0 Å². The molecule has 5 nitrogen and oxygen atoms in total. The average Bonchev–Trinajstić information content (AvgIpc) is 3.06. The van der Waals surface area contributed by atoms with E-state index in [1.54, 1.807) is 24.7 Å². The van der Waals surface area contributed by atoms with Gasteiger partial charge in [0.05, 0.1) is 11.2 Å². The predicted octanol–water partition coefficient (Wildman–Crippen LogP) is 5.52. The molecule has 0 spiro atoms. The predicted molar refractivity (Wildman–Crippen MR) is 112 cm³/mol. The fourth-order valence-corrected chi connectivity index (χ4v) is 2.21. The lowest BCUT2D eigenvalue weighted by Gasteiger charge is -2.00. The Balaban J connectivity index is 0.000000368. The first-order valence-corrected chi connectivity index (χ1v) is 9.92. The summed E-state index contributed by atoms with van der Waals surface area (Å²) in [5.74, 6) is 2.57. The Kier molecular flexibility index (Phi) is 13.4. The molecule has 2 aromatic rings. The first-order chi connectivity index (χ1) is 12.3. The number of rotatable bonds is 5. The van der Waals surface area contributed by atoms with Gasteiger partial charge in [0, 0.05) is 29.9 Å². The van der Waals surface area contributed by atoms with E-state index in [-0.39, 0.29) is 0 Å². The molecule has 2 aromatic heterocycles. The summed E-state index contributed by atoms with van der Waals surface area (Å²) in [6.07, 6.45) is 6.56. The fraction of sp³-hybridized carbons (Fsp3) is 0.600. The molecule has 0 radical (unpaired) electrons. The maximum Gasteiger partial charge on any atom is 0.130 e. The third kappa shape index (κ3) is 13.5. The molecular formula is C20H34N4OS. The second-order valence-corrected chi connectivity index (χ2v) is 7.75. The summed E-state index contributed by atoms with van der Waals surface area (Å²) >= 11 is 1.67. The van der Waals surface area contributed by atoms with Gasteiger partial charge >= 0.3 is 0 Å². The normalized spacial score (nSPS) is 10.6. The summed E-state index contributed by atoms with van der Waals surface area (Å²) in [7, 11) is 1.54. The Bertz CT molecular complexity index is 578. The van der Waals surface area contributed by atoms with Gasteiger partial charge in [-0.25, -0.2) is 15.0 Å². The average molecular weight is 379 g/mol. The first kappa shape index (κ1) is 24.2. The van der Waals surface area contributed by atoms with E-state index in [9.17, 15) is 0 Å². The van der Waals surface area contributed by atoms with Gasteiger partial charge < -0.3 is 4.84 Å². The van der Waals surface area contributed by atoms with Crippen LogP contribution in [0.25, 0.3) is 0 Å². The van der Waals surface area contributed by atoms with Crippen LogP contribution in [0.3, 0.4) is 0 Å².